The summed E-state index contributed by atoms with van der Waals surface area (Å²) >= 11 is 0. The predicted molar refractivity (Wildman–Crippen MR) is 175 cm³/mol. The number of hydrogen-bond acceptors (Lipinski definition) is 4. The lowest BCUT2D eigenvalue weighted by molar-refractivity contribution is 0.668. The highest BCUT2D eigenvalue weighted by atomic mass is 16.3. The van der Waals surface area contributed by atoms with Gasteiger partial charge in [-0.3, -0.25) is 0 Å². The molecular weight excluding hydrogens is 528 g/mol. The van der Waals surface area contributed by atoms with Crippen molar-refractivity contribution in [3.8, 4) is 6.07 Å². The molecule has 4 nitrogen and oxygen atoms in total. The van der Waals surface area contributed by atoms with Gasteiger partial charge in [0.2, 0.25) is 0 Å². The van der Waals surface area contributed by atoms with Crippen LogP contribution in [0.4, 0.5) is 17.1 Å². The van der Waals surface area contributed by atoms with Gasteiger partial charge in [0.05, 0.1) is 23.0 Å². The zero-order chi connectivity index (χ0) is 28.5. The van der Waals surface area contributed by atoms with Gasteiger partial charge in [-0.05, 0) is 64.7 Å². The Morgan fingerprint density at radius 2 is 1.19 bits per heavy atom. The zero-order valence-corrected chi connectivity index (χ0v) is 22.9. The number of para-hydroxylation sites is 2. The summed E-state index contributed by atoms with van der Waals surface area (Å²) in [5.41, 5.74) is 6.71. The van der Waals surface area contributed by atoms with E-state index in [2.05, 4.69) is 102 Å². The molecule has 200 valence electrons. The summed E-state index contributed by atoms with van der Waals surface area (Å²) in [5, 5.41) is 18.4. The summed E-state index contributed by atoms with van der Waals surface area (Å²) < 4.78 is 13.1. The third-order valence-electron chi connectivity index (χ3n) is 8.44. The van der Waals surface area contributed by atoms with Crippen molar-refractivity contribution in [3.05, 3.63) is 139 Å². The van der Waals surface area contributed by atoms with Gasteiger partial charge in [-0.15, -0.1) is 0 Å². The Labute approximate surface area is 246 Å². The van der Waals surface area contributed by atoms with Crippen molar-refractivity contribution in [2.75, 3.05) is 4.90 Å². The Morgan fingerprint density at radius 3 is 2.00 bits per heavy atom. The number of hydrogen-bond donors (Lipinski definition) is 0. The number of rotatable bonds is 3. The fourth-order valence-electron chi connectivity index (χ4n) is 6.49. The smallest absolute Gasteiger partial charge is 0.159 e. The molecule has 0 unspecified atom stereocenters. The van der Waals surface area contributed by atoms with Crippen molar-refractivity contribution >= 4 is 82.5 Å². The van der Waals surface area contributed by atoms with Crippen LogP contribution in [0.5, 0.6) is 0 Å². The van der Waals surface area contributed by atoms with Crippen molar-refractivity contribution in [2.24, 2.45) is 0 Å². The molecule has 0 radical (unpaired) electrons. The van der Waals surface area contributed by atoms with Crippen LogP contribution in [0.1, 0.15) is 5.56 Å². The molecule has 0 saturated heterocycles. The molecular formula is C39H22N2O2. The van der Waals surface area contributed by atoms with Gasteiger partial charge in [-0.2, -0.15) is 5.26 Å². The third kappa shape index (κ3) is 3.49. The molecule has 43 heavy (non-hydrogen) atoms. The molecule has 2 aromatic heterocycles. The van der Waals surface area contributed by atoms with Crippen LogP contribution >= 0.6 is 0 Å². The van der Waals surface area contributed by atoms with Crippen LogP contribution in [0.3, 0.4) is 0 Å². The van der Waals surface area contributed by atoms with E-state index in [1.54, 1.807) is 0 Å². The molecule has 0 atom stereocenters. The molecule has 9 rings (SSSR count). The zero-order valence-electron chi connectivity index (χ0n) is 22.9. The second kappa shape index (κ2) is 8.97. The Bertz CT molecular complexity index is 2580. The summed E-state index contributed by atoms with van der Waals surface area (Å²) in [5.74, 6) is 0. The van der Waals surface area contributed by atoms with E-state index in [9.17, 15) is 5.26 Å². The summed E-state index contributed by atoms with van der Waals surface area (Å²) in [6, 6.07) is 47.7. The molecule has 0 fully saturated rings. The van der Waals surface area contributed by atoms with Crippen molar-refractivity contribution in [1.82, 2.24) is 0 Å². The molecule has 0 saturated carbocycles. The molecule has 9 aromatic rings. The fraction of sp³-hybridized carbons (Fsp3) is 0. The first kappa shape index (κ1) is 23.6. The highest BCUT2D eigenvalue weighted by molar-refractivity contribution is 6.24. The van der Waals surface area contributed by atoms with Gasteiger partial charge < -0.3 is 13.7 Å². The molecule has 4 heteroatoms. The van der Waals surface area contributed by atoms with Gasteiger partial charge in [-0.1, -0.05) is 78.9 Å². The van der Waals surface area contributed by atoms with Crippen LogP contribution in [0, 0.1) is 11.3 Å². The molecule has 0 aliphatic rings. The van der Waals surface area contributed by atoms with Gasteiger partial charge in [0.1, 0.15) is 16.7 Å². The van der Waals surface area contributed by atoms with E-state index in [0.29, 0.717) is 5.56 Å². The maximum absolute atomic E-state index is 9.53. The number of anilines is 3. The average molecular weight is 551 g/mol. The molecule has 2 heterocycles. The fourth-order valence-corrected chi connectivity index (χ4v) is 6.49. The lowest BCUT2D eigenvalue weighted by Crippen LogP contribution is -2.11. The van der Waals surface area contributed by atoms with Gasteiger partial charge in [0.15, 0.2) is 5.58 Å². The lowest BCUT2D eigenvalue weighted by Gasteiger charge is -2.27. The van der Waals surface area contributed by atoms with Crippen molar-refractivity contribution in [2.45, 2.75) is 0 Å². The van der Waals surface area contributed by atoms with Crippen LogP contribution in [-0.4, -0.2) is 0 Å². The van der Waals surface area contributed by atoms with Crippen LogP contribution in [0.15, 0.2) is 142 Å². The minimum absolute atomic E-state index is 0.607. The van der Waals surface area contributed by atoms with Crippen LogP contribution in [0.2, 0.25) is 0 Å². The Kier molecular flexibility index (Phi) is 4.93. The van der Waals surface area contributed by atoms with Gasteiger partial charge in [-0.25, -0.2) is 0 Å². The summed E-state index contributed by atoms with van der Waals surface area (Å²) in [7, 11) is 0. The number of benzene rings is 7. The van der Waals surface area contributed by atoms with Crippen LogP contribution in [0.25, 0.3) is 65.4 Å². The van der Waals surface area contributed by atoms with E-state index in [4.69, 9.17) is 8.83 Å². The highest BCUT2D eigenvalue weighted by Gasteiger charge is 2.23. The topological polar surface area (TPSA) is 53.3 Å². The first-order valence-corrected chi connectivity index (χ1v) is 14.2. The molecule has 0 spiro atoms. The van der Waals surface area contributed by atoms with Crippen molar-refractivity contribution in [1.29, 1.82) is 5.26 Å². The molecule has 0 aliphatic carbocycles. The van der Waals surface area contributed by atoms with Gasteiger partial charge in [0.25, 0.3) is 0 Å². The standard InChI is InChI=1S/C39H22N2O2/c40-23-24-16-18-27(19-17-24)41(33-14-7-13-31-29-11-5-6-15-35(29)43-39(31)33)34-22-37-38(30-12-4-3-10-28(30)34)32-20-25-8-1-2-9-26(25)21-36(32)42-37/h1-22H. The third-order valence-corrected chi connectivity index (χ3v) is 8.44. The summed E-state index contributed by atoms with van der Waals surface area (Å²) in [4.78, 5) is 2.22. The minimum Gasteiger partial charge on any atom is -0.456 e. The second-order valence-corrected chi connectivity index (χ2v) is 10.9. The first-order chi connectivity index (χ1) is 21.3. The maximum Gasteiger partial charge on any atom is 0.159 e. The number of nitrogens with zero attached hydrogens (tertiary/aromatic N) is 2. The van der Waals surface area contributed by atoms with Crippen molar-refractivity contribution < 1.29 is 8.83 Å². The Hall–Kier alpha value is -6.05. The molecule has 0 bridgehead atoms. The van der Waals surface area contributed by atoms with Crippen molar-refractivity contribution in [3.63, 3.8) is 0 Å². The predicted octanol–water partition coefficient (Wildman–Crippen LogP) is 11.1. The monoisotopic (exact) mass is 550 g/mol. The summed E-state index contributed by atoms with van der Waals surface area (Å²) in [6.45, 7) is 0. The van der Waals surface area contributed by atoms with Crippen LogP contribution in [-0.2, 0) is 0 Å². The largest absolute Gasteiger partial charge is 0.456 e. The number of fused-ring (bicyclic) bond motifs is 9. The first-order valence-electron chi connectivity index (χ1n) is 14.2. The Morgan fingerprint density at radius 1 is 0.488 bits per heavy atom. The maximum atomic E-state index is 9.53. The SMILES string of the molecule is N#Cc1ccc(N(c2cc3oc4cc5ccccc5cc4c3c3ccccc23)c2cccc3c2oc2ccccc23)cc1. The molecule has 0 aliphatic heterocycles. The lowest BCUT2D eigenvalue weighted by atomic mass is 9.99. The Balaban J connectivity index is 1.40. The summed E-state index contributed by atoms with van der Waals surface area (Å²) in [6.07, 6.45) is 0. The molecule has 0 amide bonds. The number of furan rings is 2. The number of nitriles is 1. The molecule has 7 aromatic carbocycles. The van der Waals surface area contributed by atoms with Gasteiger partial charge >= 0.3 is 0 Å². The highest BCUT2D eigenvalue weighted by Crippen LogP contribution is 2.47. The van der Waals surface area contributed by atoms with E-state index in [1.165, 1.54) is 5.39 Å². The van der Waals surface area contributed by atoms with E-state index in [-0.39, 0.29) is 0 Å². The van der Waals surface area contributed by atoms with Gasteiger partial charge in [0, 0.05) is 38.7 Å². The quantitative estimate of drug-likeness (QED) is 0.220. The normalized spacial score (nSPS) is 11.7. The van der Waals surface area contributed by atoms with E-state index >= 15 is 0 Å². The van der Waals surface area contributed by atoms with E-state index in [0.717, 1.165) is 77.1 Å². The second-order valence-electron chi connectivity index (χ2n) is 10.9. The van der Waals surface area contributed by atoms with Crippen LogP contribution < -0.4 is 4.90 Å². The van der Waals surface area contributed by atoms with E-state index < -0.39 is 0 Å². The average Bonchev–Trinajstić information content (AvgIpc) is 3.62. The van der Waals surface area contributed by atoms with E-state index in [1.807, 2.05) is 42.5 Å². The minimum atomic E-state index is 0.607. The molecule has 0 N–H and O–H groups in total.